The third-order valence-electron chi connectivity index (χ3n) is 2.97. The number of carbonyl (C=O) groups is 1. The van der Waals surface area contributed by atoms with Gasteiger partial charge in [-0.3, -0.25) is 9.48 Å². The molecule has 1 aliphatic rings. The van der Waals surface area contributed by atoms with Crippen LogP contribution in [0.25, 0.3) is 0 Å². The highest BCUT2D eigenvalue weighted by atomic mass is 16.2. The summed E-state index contributed by atoms with van der Waals surface area (Å²) in [4.78, 5) is 13.2. The lowest BCUT2D eigenvalue weighted by Crippen LogP contribution is -2.37. The molecule has 0 radical (unpaired) electrons. The van der Waals surface area contributed by atoms with Crippen molar-refractivity contribution in [3.05, 3.63) is 17.5 Å². The Morgan fingerprint density at radius 2 is 2.20 bits per heavy atom. The average molecular weight is 207 g/mol. The van der Waals surface area contributed by atoms with E-state index < -0.39 is 0 Å². The van der Waals surface area contributed by atoms with Crippen LogP contribution in [0.1, 0.15) is 37.9 Å². The number of hydrogen-bond donors (Lipinski definition) is 0. The normalized spacial score (nSPS) is 15.6. The first-order chi connectivity index (χ1) is 7.09. The quantitative estimate of drug-likeness (QED) is 0.697. The number of rotatable bonds is 1. The largest absolute Gasteiger partial charge is 0.335 e. The molecule has 2 rings (SSSR count). The van der Waals surface area contributed by atoms with Crippen LogP contribution in [0.5, 0.6) is 0 Å². The summed E-state index contributed by atoms with van der Waals surface area (Å²) in [7, 11) is 0. The number of amides is 1. The monoisotopic (exact) mass is 207 g/mol. The molecule has 0 saturated carbocycles. The fourth-order valence-electron chi connectivity index (χ4n) is 2.02. The van der Waals surface area contributed by atoms with Gasteiger partial charge in [-0.1, -0.05) is 13.8 Å². The molecular formula is C11H17N3O. The van der Waals surface area contributed by atoms with Crippen molar-refractivity contribution in [1.29, 1.82) is 0 Å². The highest BCUT2D eigenvalue weighted by Crippen LogP contribution is 2.23. The molecule has 15 heavy (non-hydrogen) atoms. The molecule has 0 spiro atoms. The summed E-state index contributed by atoms with van der Waals surface area (Å²) in [6.45, 7) is 8.25. The molecule has 0 bridgehead atoms. The van der Waals surface area contributed by atoms with E-state index >= 15 is 0 Å². The average Bonchev–Trinajstić information content (AvgIpc) is 2.59. The van der Waals surface area contributed by atoms with Crippen molar-refractivity contribution >= 4 is 5.91 Å². The summed E-state index contributed by atoms with van der Waals surface area (Å²) in [5.41, 5.74) is 2.47. The molecule has 0 aliphatic carbocycles. The van der Waals surface area contributed by atoms with E-state index in [-0.39, 0.29) is 5.91 Å². The van der Waals surface area contributed by atoms with Gasteiger partial charge in [0, 0.05) is 13.5 Å². The van der Waals surface area contributed by atoms with Gasteiger partial charge in [-0.25, -0.2) is 0 Å². The van der Waals surface area contributed by atoms with Gasteiger partial charge in [-0.15, -0.1) is 0 Å². The Bertz CT molecular complexity index is 381. The first-order valence-electron chi connectivity index (χ1n) is 5.39. The third kappa shape index (κ3) is 1.76. The SMILES string of the molecule is CC(=O)N1CCn2ncc(C(C)C)c2C1. The Kier molecular flexibility index (Phi) is 2.50. The minimum absolute atomic E-state index is 0.150. The Hall–Kier alpha value is -1.32. The number of fused-ring (bicyclic) bond motifs is 1. The Morgan fingerprint density at radius 1 is 1.47 bits per heavy atom. The molecule has 4 nitrogen and oxygen atoms in total. The zero-order chi connectivity index (χ0) is 11.0. The van der Waals surface area contributed by atoms with Crippen molar-refractivity contribution in [3.8, 4) is 0 Å². The van der Waals surface area contributed by atoms with Crippen LogP contribution in [-0.2, 0) is 17.9 Å². The zero-order valence-electron chi connectivity index (χ0n) is 9.53. The summed E-state index contributed by atoms with van der Waals surface area (Å²) in [6.07, 6.45) is 1.93. The van der Waals surface area contributed by atoms with Crippen LogP contribution in [-0.4, -0.2) is 27.1 Å². The van der Waals surface area contributed by atoms with Crippen molar-refractivity contribution < 1.29 is 4.79 Å². The molecule has 2 heterocycles. The van der Waals surface area contributed by atoms with E-state index in [1.54, 1.807) is 6.92 Å². The van der Waals surface area contributed by atoms with Gasteiger partial charge in [-0.2, -0.15) is 5.10 Å². The van der Waals surface area contributed by atoms with Gasteiger partial charge in [0.15, 0.2) is 0 Å². The van der Waals surface area contributed by atoms with E-state index in [1.807, 2.05) is 15.8 Å². The molecule has 1 amide bonds. The number of hydrogen-bond acceptors (Lipinski definition) is 2. The van der Waals surface area contributed by atoms with E-state index in [0.717, 1.165) is 13.1 Å². The molecule has 0 atom stereocenters. The number of nitrogens with zero attached hydrogens (tertiary/aromatic N) is 3. The first kappa shape index (κ1) is 10.2. The molecule has 0 aromatic carbocycles. The van der Waals surface area contributed by atoms with Crippen LogP contribution in [0, 0.1) is 0 Å². The maximum absolute atomic E-state index is 11.3. The molecule has 0 unspecified atom stereocenters. The zero-order valence-corrected chi connectivity index (χ0v) is 9.53. The Morgan fingerprint density at radius 3 is 2.80 bits per heavy atom. The predicted octanol–water partition coefficient (Wildman–Crippen LogP) is 1.37. The topological polar surface area (TPSA) is 38.1 Å². The molecule has 0 N–H and O–H groups in total. The van der Waals surface area contributed by atoms with Crippen LogP contribution >= 0.6 is 0 Å². The maximum Gasteiger partial charge on any atom is 0.219 e. The van der Waals surface area contributed by atoms with Crippen molar-refractivity contribution in [2.45, 2.75) is 39.8 Å². The molecule has 82 valence electrons. The highest BCUT2D eigenvalue weighted by Gasteiger charge is 2.22. The summed E-state index contributed by atoms with van der Waals surface area (Å²) in [5, 5.41) is 4.35. The fraction of sp³-hybridized carbons (Fsp3) is 0.636. The van der Waals surface area contributed by atoms with Gasteiger partial charge >= 0.3 is 0 Å². The lowest BCUT2D eigenvalue weighted by Gasteiger charge is -2.27. The second-order valence-corrected chi connectivity index (χ2v) is 4.37. The van der Waals surface area contributed by atoms with Crippen molar-refractivity contribution in [1.82, 2.24) is 14.7 Å². The standard InChI is InChI=1S/C11H17N3O/c1-8(2)10-6-12-14-5-4-13(9(3)15)7-11(10)14/h6,8H,4-5,7H2,1-3H3. The molecule has 1 aliphatic heterocycles. The summed E-state index contributed by atoms with van der Waals surface area (Å²) < 4.78 is 2.02. The van der Waals surface area contributed by atoms with Gasteiger partial charge in [-0.05, 0) is 11.5 Å². The van der Waals surface area contributed by atoms with E-state index in [9.17, 15) is 4.79 Å². The van der Waals surface area contributed by atoms with Crippen LogP contribution in [0.2, 0.25) is 0 Å². The predicted molar refractivity (Wildman–Crippen MR) is 57.4 cm³/mol. The second-order valence-electron chi connectivity index (χ2n) is 4.37. The maximum atomic E-state index is 11.3. The van der Waals surface area contributed by atoms with Crippen LogP contribution < -0.4 is 0 Å². The van der Waals surface area contributed by atoms with E-state index in [0.29, 0.717) is 12.5 Å². The Labute approximate surface area is 89.9 Å². The van der Waals surface area contributed by atoms with Gasteiger partial charge in [0.2, 0.25) is 5.91 Å². The Balaban J connectivity index is 2.30. The molecule has 1 aromatic rings. The smallest absolute Gasteiger partial charge is 0.219 e. The minimum atomic E-state index is 0.150. The second kappa shape index (κ2) is 3.68. The van der Waals surface area contributed by atoms with Crippen LogP contribution in [0.3, 0.4) is 0 Å². The minimum Gasteiger partial charge on any atom is -0.335 e. The molecular weight excluding hydrogens is 190 g/mol. The van der Waals surface area contributed by atoms with E-state index in [4.69, 9.17) is 0 Å². The first-order valence-corrected chi connectivity index (χ1v) is 5.39. The van der Waals surface area contributed by atoms with Crippen LogP contribution in [0.4, 0.5) is 0 Å². The van der Waals surface area contributed by atoms with Gasteiger partial charge < -0.3 is 4.90 Å². The van der Waals surface area contributed by atoms with Gasteiger partial charge in [0.25, 0.3) is 0 Å². The summed E-state index contributed by atoms with van der Waals surface area (Å²) in [6, 6.07) is 0. The summed E-state index contributed by atoms with van der Waals surface area (Å²) >= 11 is 0. The lowest BCUT2D eigenvalue weighted by atomic mass is 10.0. The number of aromatic nitrogens is 2. The molecule has 0 saturated heterocycles. The lowest BCUT2D eigenvalue weighted by molar-refractivity contribution is -0.130. The van der Waals surface area contributed by atoms with Crippen molar-refractivity contribution in [2.75, 3.05) is 6.54 Å². The fourth-order valence-corrected chi connectivity index (χ4v) is 2.02. The van der Waals surface area contributed by atoms with Crippen molar-refractivity contribution in [2.24, 2.45) is 0 Å². The highest BCUT2D eigenvalue weighted by molar-refractivity contribution is 5.73. The third-order valence-corrected chi connectivity index (χ3v) is 2.97. The van der Waals surface area contributed by atoms with Gasteiger partial charge in [0.1, 0.15) is 0 Å². The number of carbonyl (C=O) groups excluding carboxylic acids is 1. The van der Waals surface area contributed by atoms with Crippen LogP contribution in [0.15, 0.2) is 6.20 Å². The van der Waals surface area contributed by atoms with E-state index in [1.165, 1.54) is 11.3 Å². The molecule has 4 heteroatoms. The summed E-state index contributed by atoms with van der Waals surface area (Å²) in [5.74, 6) is 0.623. The van der Waals surface area contributed by atoms with Crippen molar-refractivity contribution in [3.63, 3.8) is 0 Å². The van der Waals surface area contributed by atoms with E-state index in [2.05, 4.69) is 18.9 Å². The molecule has 1 aromatic heterocycles. The molecule has 0 fully saturated rings. The van der Waals surface area contributed by atoms with Gasteiger partial charge in [0.05, 0.1) is 25.0 Å².